The first-order chi connectivity index (χ1) is 9.86. The third kappa shape index (κ3) is 3.53. The van der Waals surface area contributed by atoms with E-state index in [0.29, 0.717) is 5.56 Å². The predicted octanol–water partition coefficient (Wildman–Crippen LogP) is 3.05. The lowest BCUT2D eigenvalue weighted by Crippen LogP contribution is -2.28. The number of nitrogens with one attached hydrogen (secondary N) is 1. The molecule has 3 nitrogen and oxygen atoms in total. The second-order valence-corrected chi connectivity index (χ2v) is 4.66. The maximum atomic E-state index is 13.8. The third-order valence-corrected chi connectivity index (χ3v) is 2.91. The fourth-order valence-corrected chi connectivity index (χ4v) is 2.02. The quantitative estimate of drug-likeness (QED) is 0.910. The lowest BCUT2D eigenvalue weighted by molar-refractivity contribution is -0.118. The van der Waals surface area contributed by atoms with E-state index in [4.69, 9.17) is 5.73 Å². The van der Waals surface area contributed by atoms with Gasteiger partial charge in [0.1, 0.15) is 23.5 Å². The molecular weight excluding hydrogens is 281 g/mol. The molecule has 0 aromatic heterocycles. The normalized spacial score (nSPS) is 12.0. The first kappa shape index (κ1) is 14.9. The van der Waals surface area contributed by atoms with Crippen LogP contribution in [-0.2, 0) is 4.79 Å². The molecule has 6 heteroatoms. The smallest absolute Gasteiger partial charge is 0.244 e. The van der Waals surface area contributed by atoms with Gasteiger partial charge in [0.25, 0.3) is 0 Å². The van der Waals surface area contributed by atoms with Crippen LogP contribution in [0.4, 0.5) is 18.9 Å². The second kappa shape index (κ2) is 5.87. The second-order valence-electron chi connectivity index (χ2n) is 4.66. The Kier molecular flexibility index (Phi) is 4.16. The highest BCUT2D eigenvalue weighted by molar-refractivity contribution is 5.84. The number of benzene rings is 2. The van der Waals surface area contributed by atoms with E-state index >= 15 is 0 Å². The number of hydrogen-bond donors (Lipinski definition) is 2. The molecule has 0 fully saturated rings. The summed E-state index contributed by atoms with van der Waals surface area (Å²) in [6.45, 7) is 1.66. The highest BCUT2D eigenvalue weighted by Gasteiger charge is 2.22. The third-order valence-electron chi connectivity index (χ3n) is 2.91. The highest BCUT2D eigenvalue weighted by Crippen LogP contribution is 2.24. The van der Waals surface area contributed by atoms with Crippen LogP contribution in [0.3, 0.4) is 0 Å². The lowest BCUT2D eigenvalue weighted by Gasteiger charge is -2.18. The van der Waals surface area contributed by atoms with Crippen LogP contribution in [0.25, 0.3) is 0 Å². The number of amides is 1. The molecule has 21 heavy (non-hydrogen) atoms. The van der Waals surface area contributed by atoms with Crippen LogP contribution >= 0.6 is 0 Å². The molecular formula is C15H13F3N2O. The molecule has 0 radical (unpaired) electrons. The predicted molar refractivity (Wildman–Crippen MR) is 73.1 cm³/mol. The van der Waals surface area contributed by atoms with Gasteiger partial charge in [-0.2, -0.15) is 0 Å². The minimum atomic E-state index is -1.30. The van der Waals surface area contributed by atoms with Crippen LogP contribution in [0.15, 0.2) is 36.4 Å². The molecule has 0 aliphatic rings. The lowest BCUT2D eigenvalue weighted by atomic mass is 10.0. The standard InChI is InChI=1S/C15H13F3N2O/c1-8-4-10(17)6-11(5-8)20-14(15(19)21)12-7-9(16)2-3-13(12)18/h2-7,14,20H,1H3,(H2,19,21). The molecule has 2 rings (SSSR count). The molecule has 0 aliphatic carbocycles. The van der Waals surface area contributed by atoms with Crippen LogP contribution in [0, 0.1) is 24.4 Å². The highest BCUT2D eigenvalue weighted by atomic mass is 19.1. The molecule has 0 saturated carbocycles. The van der Waals surface area contributed by atoms with E-state index in [1.807, 2.05) is 0 Å². The summed E-state index contributed by atoms with van der Waals surface area (Å²) < 4.78 is 40.3. The molecule has 3 N–H and O–H groups in total. The fourth-order valence-electron chi connectivity index (χ4n) is 2.02. The Morgan fingerprint density at radius 1 is 1.10 bits per heavy atom. The number of primary amides is 1. The van der Waals surface area contributed by atoms with Crippen molar-refractivity contribution in [3.63, 3.8) is 0 Å². The van der Waals surface area contributed by atoms with Crippen LogP contribution in [0.5, 0.6) is 0 Å². The van der Waals surface area contributed by atoms with Gasteiger partial charge in [0.15, 0.2) is 0 Å². The van der Waals surface area contributed by atoms with E-state index in [0.717, 1.165) is 24.3 Å². The molecule has 1 unspecified atom stereocenters. The zero-order chi connectivity index (χ0) is 15.6. The topological polar surface area (TPSA) is 55.1 Å². The summed E-state index contributed by atoms with van der Waals surface area (Å²) in [4.78, 5) is 11.5. The summed E-state index contributed by atoms with van der Waals surface area (Å²) in [6, 6.07) is 5.41. The maximum absolute atomic E-state index is 13.8. The Labute approximate surface area is 119 Å². The van der Waals surface area contributed by atoms with Crippen molar-refractivity contribution in [3.05, 3.63) is 65.0 Å². The number of halogens is 3. The number of aryl methyl sites for hydroxylation is 1. The molecule has 2 aromatic carbocycles. The number of hydrogen-bond acceptors (Lipinski definition) is 2. The Bertz CT molecular complexity index is 668. The van der Waals surface area contributed by atoms with Gasteiger partial charge in [0.05, 0.1) is 0 Å². The summed E-state index contributed by atoms with van der Waals surface area (Å²) >= 11 is 0. The van der Waals surface area contributed by atoms with Gasteiger partial charge < -0.3 is 11.1 Å². The average Bonchev–Trinajstić information content (AvgIpc) is 2.37. The van der Waals surface area contributed by atoms with Crippen molar-refractivity contribution in [1.82, 2.24) is 0 Å². The van der Waals surface area contributed by atoms with Gasteiger partial charge in [-0.05, 0) is 48.9 Å². The van der Waals surface area contributed by atoms with E-state index < -0.39 is 29.4 Å². The molecule has 0 bridgehead atoms. The Hall–Kier alpha value is -2.50. The minimum absolute atomic E-state index is 0.232. The fraction of sp³-hybridized carbons (Fsp3) is 0.133. The van der Waals surface area contributed by atoms with Crippen LogP contribution in [0.2, 0.25) is 0 Å². The van der Waals surface area contributed by atoms with Crippen LogP contribution in [0.1, 0.15) is 17.2 Å². The van der Waals surface area contributed by atoms with Gasteiger partial charge in [-0.1, -0.05) is 0 Å². The zero-order valence-electron chi connectivity index (χ0n) is 11.2. The number of rotatable bonds is 4. The molecule has 1 atom stereocenters. The van der Waals surface area contributed by atoms with Crippen LogP contribution < -0.4 is 11.1 Å². The van der Waals surface area contributed by atoms with E-state index in [9.17, 15) is 18.0 Å². The molecule has 110 valence electrons. The van der Waals surface area contributed by atoms with Crippen molar-refractivity contribution in [1.29, 1.82) is 0 Å². The largest absolute Gasteiger partial charge is 0.370 e. The number of carbonyl (C=O) groups is 1. The van der Waals surface area contributed by atoms with E-state index in [-0.39, 0.29) is 11.3 Å². The monoisotopic (exact) mass is 294 g/mol. The van der Waals surface area contributed by atoms with Crippen LogP contribution in [-0.4, -0.2) is 5.91 Å². The first-order valence-corrected chi connectivity index (χ1v) is 6.15. The summed E-state index contributed by atoms with van der Waals surface area (Å²) in [6.07, 6.45) is 0. The zero-order valence-corrected chi connectivity index (χ0v) is 11.2. The summed E-state index contributed by atoms with van der Waals surface area (Å²) in [5.41, 5.74) is 5.86. The number of anilines is 1. The van der Waals surface area contributed by atoms with Gasteiger partial charge in [0, 0.05) is 11.3 Å². The Morgan fingerprint density at radius 3 is 2.43 bits per heavy atom. The van der Waals surface area contributed by atoms with Crippen molar-refractivity contribution >= 4 is 11.6 Å². The van der Waals surface area contributed by atoms with Gasteiger partial charge in [-0.3, -0.25) is 4.79 Å². The van der Waals surface area contributed by atoms with Gasteiger partial charge >= 0.3 is 0 Å². The van der Waals surface area contributed by atoms with Crippen molar-refractivity contribution in [2.24, 2.45) is 5.73 Å². The van der Waals surface area contributed by atoms with Gasteiger partial charge in [0.2, 0.25) is 5.91 Å². The van der Waals surface area contributed by atoms with E-state index in [1.165, 1.54) is 6.07 Å². The molecule has 0 spiro atoms. The van der Waals surface area contributed by atoms with Gasteiger partial charge in [-0.25, -0.2) is 13.2 Å². The van der Waals surface area contributed by atoms with E-state index in [1.54, 1.807) is 13.0 Å². The first-order valence-electron chi connectivity index (χ1n) is 6.15. The summed E-state index contributed by atoms with van der Waals surface area (Å²) in [5.74, 6) is -2.89. The Balaban J connectivity index is 2.40. The number of carbonyl (C=O) groups excluding carboxylic acids is 1. The van der Waals surface area contributed by atoms with Crippen molar-refractivity contribution in [3.8, 4) is 0 Å². The number of nitrogens with two attached hydrogens (primary N) is 1. The molecule has 0 heterocycles. The molecule has 1 amide bonds. The van der Waals surface area contributed by atoms with E-state index in [2.05, 4.69) is 5.32 Å². The Morgan fingerprint density at radius 2 is 1.81 bits per heavy atom. The van der Waals surface area contributed by atoms with Crippen molar-refractivity contribution in [2.75, 3.05) is 5.32 Å². The summed E-state index contributed by atoms with van der Waals surface area (Å²) in [7, 11) is 0. The van der Waals surface area contributed by atoms with Gasteiger partial charge in [-0.15, -0.1) is 0 Å². The van der Waals surface area contributed by atoms with Crippen molar-refractivity contribution in [2.45, 2.75) is 13.0 Å². The summed E-state index contributed by atoms with van der Waals surface area (Å²) in [5, 5.41) is 2.62. The average molecular weight is 294 g/mol. The molecule has 0 saturated heterocycles. The molecule has 2 aromatic rings. The SMILES string of the molecule is Cc1cc(F)cc(NC(C(N)=O)c2cc(F)ccc2F)c1. The van der Waals surface area contributed by atoms with Crippen molar-refractivity contribution < 1.29 is 18.0 Å². The molecule has 0 aliphatic heterocycles. The minimum Gasteiger partial charge on any atom is -0.370 e. The maximum Gasteiger partial charge on any atom is 0.244 e.